The highest BCUT2D eigenvalue weighted by Crippen LogP contribution is 2.06. The van der Waals surface area contributed by atoms with E-state index in [4.69, 9.17) is 0 Å². The van der Waals surface area contributed by atoms with Gasteiger partial charge in [0, 0.05) is 26.5 Å². The number of imidazole rings is 1. The van der Waals surface area contributed by atoms with Gasteiger partial charge in [-0.05, 0) is 19.5 Å². The van der Waals surface area contributed by atoms with Crippen LogP contribution >= 0.6 is 0 Å². The highest BCUT2D eigenvalue weighted by Gasteiger charge is 2.18. The van der Waals surface area contributed by atoms with E-state index in [1.807, 2.05) is 18.5 Å². The van der Waals surface area contributed by atoms with Gasteiger partial charge < -0.3 is 9.88 Å². The molecule has 0 amide bonds. The van der Waals surface area contributed by atoms with Gasteiger partial charge in [-0.2, -0.15) is 4.31 Å². The molecule has 104 valence electrons. The fourth-order valence-electron chi connectivity index (χ4n) is 1.56. The van der Waals surface area contributed by atoms with Crippen molar-refractivity contribution >= 4 is 10.0 Å². The maximum Gasteiger partial charge on any atom is 0.214 e. The second-order valence-electron chi connectivity index (χ2n) is 4.23. The molecule has 1 aromatic rings. The Kier molecular flexibility index (Phi) is 5.77. The Bertz CT molecular complexity index is 455. The fourth-order valence-corrected chi connectivity index (χ4v) is 2.69. The molecular weight excluding hydrogens is 252 g/mol. The molecule has 1 aromatic heterocycles. The van der Waals surface area contributed by atoms with Crippen molar-refractivity contribution < 1.29 is 8.42 Å². The molecule has 6 nitrogen and oxygen atoms in total. The maximum absolute atomic E-state index is 12.0. The molecule has 0 unspecified atom stereocenters. The van der Waals surface area contributed by atoms with Crippen molar-refractivity contribution in [3.8, 4) is 0 Å². The molecule has 0 saturated carbocycles. The van der Waals surface area contributed by atoms with Gasteiger partial charge in [-0.3, -0.25) is 0 Å². The highest BCUT2D eigenvalue weighted by molar-refractivity contribution is 7.89. The minimum atomic E-state index is -3.19. The average molecular weight is 274 g/mol. The lowest BCUT2D eigenvalue weighted by molar-refractivity contribution is 0.449. The smallest absolute Gasteiger partial charge is 0.214 e. The Morgan fingerprint density at radius 3 is 2.78 bits per heavy atom. The molecule has 0 radical (unpaired) electrons. The summed E-state index contributed by atoms with van der Waals surface area (Å²) in [6.45, 7) is 3.91. The van der Waals surface area contributed by atoms with E-state index >= 15 is 0 Å². The van der Waals surface area contributed by atoms with Gasteiger partial charge in [0.2, 0.25) is 10.0 Å². The van der Waals surface area contributed by atoms with E-state index in [-0.39, 0.29) is 5.75 Å². The lowest BCUT2D eigenvalue weighted by atomic mass is 10.5. The summed E-state index contributed by atoms with van der Waals surface area (Å²) < 4.78 is 27.2. The summed E-state index contributed by atoms with van der Waals surface area (Å²) >= 11 is 0. The SMILES string of the molecule is CCNCCCS(=O)(=O)N(C)Cc1nccn1C. The van der Waals surface area contributed by atoms with Crippen LogP contribution in [0.15, 0.2) is 12.4 Å². The van der Waals surface area contributed by atoms with E-state index in [9.17, 15) is 8.42 Å². The number of aromatic nitrogens is 2. The van der Waals surface area contributed by atoms with Crippen LogP contribution in [-0.4, -0.2) is 48.2 Å². The molecule has 7 heteroatoms. The largest absolute Gasteiger partial charge is 0.337 e. The maximum atomic E-state index is 12.0. The zero-order valence-electron chi connectivity index (χ0n) is 11.3. The van der Waals surface area contributed by atoms with E-state index in [2.05, 4.69) is 10.3 Å². The van der Waals surface area contributed by atoms with Crippen molar-refractivity contribution in [1.29, 1.82) is 0 Å². The zero-order chi connectivity index (χ0) is 13.6. The summed E-state index contributed by atoms with van der Waals surface area (Å²) in [5.41, 5.74) is 0. The molecule has 0 fully saturated rings. The van der Waals surface area contributed by atoms with Crippen LogP contribution in [0.1, 0.15) is 19.2 Å². The first-order chi connectivity index (χ1) is 8.47. The van der Waals surface area contributed by atoms with Crippen LogP contribution < -0.4 is 5.32 Å². The Morgan fingerprint density at radius 1 is 1.50 bits per heavy atom. The standard InChI is InChI=1S/C11H22N4O2S/c1-4-12-6-5-9-18(16,17)15(3)10-11-13-7-8-14(11)2/h7-8,12H,4-6,9-10H2,1-3H3. The summed E-state index contributed by atoms with van der Waals surface area (Å²) in [5.74, 6) is 0.911. The second-order valence-corrected chi connectivity index (χ2v) is 6.43. The molecule has 0 aliphatic carbocycles. The second kappa shape index (κ2) is 6.86. The van der Waals surface area contributed by atoms with Crippen molar-refractivity contribution in [2.75, 3.05) is 25.9 Å². The molecule has 1 rings (SSSR count). The van der Waals surface area contributed by atoms with Crippen molar-refractivity contribution in [2.45, 2.75) is 19.9 Å². The van der Waals surface area contributed by atoms with Gasteiger partial charge in [0.1, 0.15) is 5.82 Å². The first kappa shape index (κ1) is 15.1. The molecule has 0 bridgehead atoms. The normalized spacial score (nSPS) is 12.2. The zero-order valence-corrected chi connectivity index (χ0v) is 12.1. The molecule has 18 heavy (non-hydrogen) atoms. The Morgan fingerprint density at radius 2 is 2.22 bits per heavy atom. The van der Waals surface area contributed by atoms with Crippen LogP contribution in [-0.2, 0) is 23.6 Å². The third-order valence-corrected chi connectivity index (χ3v) is 4.65. The Hall–Kier alpha value is -0.920. The quantitative estimate of drug-likeness (QED) is 0.687. The molecule has 1 N–H and O–H groups in total. The highest BCUT2D eigenvalue weighted by atomic mass is 32.2. The molecule has 0 saturated heterocycles. The average Bonchev–Trinajstić information content (AvgIpc) is 2.71. The van der Waals surface area contributed by atoms with Crippen LogP contribution in [0.4, 0.5) is 0 Å². The number of aryl methyl sites for hydroxylation is 1. The molecule has 0 aromatic carbocycles. The Labute approximate surface area is 109 Å². The summed E-state index contributed by atoms with van der Waals surface area (Å²) in [4.78, 5) is 4.12. The first-order valence-electron chi connectivity index (χ1n) is 6.08. The summed E-state index contributed by atoms with van der Waals surface area (Å²) in [6, 6.07) is 0. The first-order valence-corrected chi connectivity index (χ1v) is 7.69. The van der Waals surface area contributed by atoms with E-state index in [1.54, 1.807) is 19.4 Å². The monoisotopic (exact) mass is 274 g/mol. The number of hydrogen-bond acceptors (Lipinski definition) is 4. The van der Waals surface area contributed by atoms with Crippen molar-refractivity contribution in [1.82, 2.24) is 19.2 Å². The third kappa shape index (κ3) is 4.40. The van der Waals surface area contributed by atoms with Gasteiger partial charge in [0.25, 0.3) is 0 Å². The summed E-state index contributed by atoms with van der Waals surface area (Å²) in [6.07, 6.45) is 4.10. The van der Waals surface area contributed by atoms with E-state index < -0.39 is 10.0 Å². The van der Waals surface area contributed by atoms with Gasteiger partial charge >= 0.3 is 0 Å². The van der Waals surface area contributed by atoms with Gasteiger partial charge in [-0.15, -0.1) is 0 Å². The minimum Gasteiger partial charge on any atom is -0.337 e. The predicted octanol–water partition coefficient (Wildman–Crippen LogP) is 0.181. The summed E-state index contributed by atoms with van der Waals surface area (Å²) in [7, 11) is 0.256. The molecule has 0 spiro atoms. The van der Waals surface area contributed by atoms with Crippen molar-refractivity contribution in [3.63, 3.8) is 0 Å². The minimum absolute atomic E-state index is 0.168. The van der Waals surface area contributed by atoms with Gasteiger partial charge in [-0.1, -0.05) is 6.92 Å². The lowest BCUT2D eigenvalue weighted by Gasteiger charge is -2.16. The van der Waals surface area contributed by atoms with Crippen molar-refractivity contribution in [3.05, 3.63) is 18.2 Å². The van der Waals surface area contributed by atoms with Crippen molar-refractivity contribution in [2.24, 2.45) is 7.05 Å². The van der Waals surface area contributed by atoms with E-state index in [1.165, 1.54) is 4.31 Å². The van der Waals surface area contributed by atoms with E-state index in [0.717, 1.165) is 18.9 Å². The fraction of sp³-hybridized carbons (Fsp3) is 0.727. The molecule has 0 atom stereocenters. The number of sulfonamides is 1. The van der Waals surface area contributed by atoms with Crippen LogP contribution in [0.3, 0.4) is 0 Å². The van der Waals surface area contributed by atoms with Crippen LogP contribution in [0.25, 0.3) is 0 Å². The summed E-state index contributed by atoms with van der Waals surface area (Å²) in [5, 5.41) is 3.12. The lowest BCUT2D eigenvalue weighted by Crippen LogP contribution is -2.31. The number of nitrogens with zero attached hydrogens (tertiary/aromatic N) is 3. The third-order valence-electron chi connectivity index (χ3n) is 2.77. The molecular formula is C11H22N4O2S. The van der Waals surface area contributed by atoms with E-state index in [0.29, 0.717) is 13.0 Å². The van der Waals surface area contributed by atoms with Gasteiger partial charge in [0.05, 0.1) is 12.3 Å². The Balaban J connectivity index is 2.49. The number of hydrogen-bond donors (Lipinski definition) is 1. The van der Waals surface area contributed by atoms with Crippen LogP contribution in [0.2, 0.25) is 0 Å². The van der Waals surface area contributed by atoms with Crippen LogP contribution in [0.5, 0.6) is 0 Å². The topological polar surface area (TPSA) is 67.2 Å². The molecule has 0 aliphatic heterocycles. The number of rotatable bonds is 8. The predicted molar refractivity (Wildman–Crippen MR) is 71.6 cm³/mol. The molecule has 0 aliphatic rings. The van der Waals surface area contributed by atoms with Gasteiger partial charge in [0.15, 0.2) is 0 Å². The van der Waals surface area contributed by atoms with Gasteiger partial charge in [-0.25, -0.2) is 13.4 Å². The van der Waals surface area contributed by atoms with Crippen LogP contribution in [0, 0.1) is 0 Å². The molecule has 1 heterocycles. The number of nitrogens with one attached hydrogen (secondary N) is 1.